The molecule has 0 amide bonds. The third kappa shape index (κ3) is 1.80. The zero-order chi connectivity index (χ0) is 11.7. The topological polar surface area (TPSA) is 52.1 Å². The van der Waals surface area contributed by atoms with E-state index in [-0.39, 0.29) is 18.0 Å². The van der Waals surface area contributed by atoms with E-state index in [0.717, 1.165) is 5.56 Å². The standard InChI is InChI=1S/C11H11ClN2O2/c1-3-7-4-8(16-6(2)15)10-9(7)11(12)14-5-13-10/h3,5,7-8H,1,4H2,2H3. The molecule has 1 heterocycles. The lowest BCUT2D eigenvalue weighted by molar-refractivity contribution is -0.146. The van der Waals surface area contributed by atoms with E-state index in [1.165, 1.54) is 13.3 Å². The second kappa shape index (κ2) is 4.22. The molecule has 84 valence electrons. The summed E-state index contributed by atoms with van der Waals surface area (Å²) < 4.78 is 5.19. The van der Waals surface area contributed by atoms with Gasteiger partial charge in [-0.15, -0.1) is 6.58 Å². The largest absolute Gasteiger partial charge is 0.456 e. The predicted octanol–water partition coefficient (Wildman–Crippen LogP) is 2.41. The Labute approximate surface area is 98.3 Å². The first-order valence-corrected chi connectivity index (χ1v) is 5.31. The Morgan fingerprint density at radius 3 is 3.06 bits per heavy atom. The van der Waals surface area contributed by atoms with Crippen molar-refractivity contribution >= 4 is 17.6 Å². The highest BCUT2D eigenvalue weighted by Crippen LogP contribution is 2.44. The number of carbonyl (C=O) groups excluding carboxylic acids is 1. The molecule has 1 aromatic rings. The maximum Gasteiger partial charge on any atom is 0.303 e. The molecule has 1 aliphatic rings. The zero-order valence-electron chi connectivity index (χ0n) is 8.81. The van der Waals surface area contributed by atoms with Crippen LogP contribution in [-0.2, 0) is 9.53 Å². The molecule has 0 saturated carbocycles. The van der Waals surface area contributed by atoms with Crippen LogP contribution >= 0.6 is 11.6 Å². The van der Waals surface area contributed by atoms with Gasteiger partial charge in [-0.2, -0.15) is 0 Å². The molecular weight excluding hydrogens is 228 g/mol. The molecule has 0 spiro atoms. The Morgan fingerprint density at radius 2 is 2.44 bits per heavy atom. The minimum Gasteiger partial charge on any atom is -0.456 e. The Balaban J connectivity index is 2.42. The molecule has 0 aromatic carbocycles. The zero-order valence-corrected chi connectivity index (χ0v) is 9.57. The molecule has 1 aromatic heterocycles. The first-order valence-electron chi connectivity index (χ1n) is 4.93. The number of ether oxygens (including phenoxy) is 1. The Morgan fingerprint density at radius 1 is 1.69 bits per heavy atom. The van der Waals surface area contributed by atoms with Crippen LogP contribution in [0.25, 0.3) is 0 Å². The first kappa shape index (κ1) is 11.1. The first-order chi connectivity index (χ1) is 7.63. The lowest BCUT2D eigenvalue weighted by Crippen LogP contribution is -2.06. The van der Waals surface area contributed by atoms with E-state index in [1.807, 2.05) is 0 Å². The number of allylic oxidation sites excluding steroid dienone is 1. The fourth-order valence-electron chi connectivity index (χ4n) is 1.96. The van der Waals surface area contributed by atoms with Crippen LogP contribution < -0.4 is 0 Å². The van der Waals surface area contributed by atoms with Gasteiger partial charge in [0.15, 0.2) is 0 Å². The normalized spacial score (nSPS) is 22.6. The minimum atomic E-state index is -0.337. The molecule has 2 atom stereocenters. The number of esters is 1. The van der Waals surface area contributed by atoms with Crippen molar-refractivity contribution < 1.29 is 9.53 Å². The minimum absolute atomic E-state index is 0.0491. The highest BCUT2D eigenvalue weighted by molar-refractivity contribution is 6.30. The van der Waals surface area contributed by atoms with Gasteiger partial charge in [-0.25, -0.2) is 9.97 Å². The summed E-state index contributed by atoms with van der Waals surface area (Å²) in [4.78, 5) is 19.0. The summed E-state index contributed by atoms with van der Waals surface area (Å²) in [5.41, 5.74) is 1.52. The van der Waals surface area contributed by atoms with Crippen LogP contribution in [0.3, 0.4) is 0 Å². The number of carbonyl (C=O) groups is 1. The number of hydrogen-bond donors (Lipinski definition) is 0. The summed E-state index contributed by atoms with van der Waals surface area (Å²) >= 11 is 6.01. The molecule has 0 bridgehead atoms. The van der Waals surface area contributed by atoms with E-state index in [2.05, 4.69) is 16.5 Å². The van der Waals surface area contributed by atoms with Gasteiger partial charge in [0.1, 0.15) is 17.6 Å². The molecule has 1 aliphatic carbocycles. The van der Waals surface area contributed by atoms with Crippen molar-refractivity contribution in [2.24, 2.45) is 0 Å². The van der Waals surface area contributed by atoms with Crippen molar-refractivity contribution in [3.63, 3.8) is 0 Å². The molecule has 0 saturated heterocycles. The number of nitrogens with zero attached hydrogens (tertiary/aromatic N) is 2. The smallest absolute Gasteiger partial charge is 0.303 e. The fourth-order valence-corrected chi connectivity index (χ4v) is 2.25. The monoisotopic (exact) mass is 238 g/mol. The molecule has 16 heavy (non-hydrogen) atoms. The quantitative estimate of drug-likeness (QED) is 0.451. The Kier molecular flexibility index (Phi) is 2.92. The average Bonchev–Trinajstić information content (AvgIpc) is 2.57. The lowest BCUT2D eigenvalue weighted by Gasteiger charge is -2.10. The van der Waals surface area contributed by atoms with E-state index in [9.17, 15) is 4.79 Å². The van der Waals surface area contributed by atoms with Crippen LogP contribution in [0.2, 0.25) is 5.15 Å². The van der Waals surface area contributed by atoms with Crippen molar-refractivity contribution in [2.75, 3.05) is 0 Å². The van der Waals surface area contributed by atoms with Gasteiger partial charge >= 0.3 is 5.97 Å². The van der Waals surface area contributed by atoms with Gasteiger partial charge in [-0.1, -0.05) is 17.7 Å². The number of fused-ring (bicyclic) bond motifs is 1. The van der Waals surface area contributed by atoms with Crippen LogP contribution in [-0.4, -0.2) is 15.9 Å². The summed E-state index contributed by atoms with van der Waals surface area (Å²) in [6.45, 7) is 5.12. The van der Waals surface area contributed by atoms with Gasteiger partial charge in [-0.3, -0.25) is 4.79 Å². The Hall–Kier alpha value is -1.42. The Bertz CT molecular complexity index is 448. The molecule has 0 N–H and O–H groups in total. The van der Waals surface area contributed by atoms with Crippen molar-refractivity contribution in [1.29, 1.82) is 0 Å². The van der Waals surface area contributed by atoms with E-state index in [0.29, 0.717) is 17.3 Å². The van der Waals surface area contributed by atoms with E-state index in [4.69, 9.17) is 16.3 Å². The van der Waals surface area contributed by atoms with Crippen LogP contribution in [0.4, 0.5) is 0 Å². The molecule has 5 heteroatoms. The third-order valence-corrected chi connectivity index (χ3v) is 2.90. The van der Waals surface area contributed by atoms with Gasteiger partial charge in [0.2, 0.25) is 0 Å². The van der Waals surface area contributed by atoms with Crippen molar-refractivity contribution in [2.45, 2.75) is 25.4 Å². The highest BCUT2D eigenvalue weighted by atomic mass is 35.5. The van der Waals surface area contributed by atoms with Gasteiger partial charge < -0.3 is 4.74 Å². The van der Waals surface area contributed by atoms with Crippen LogP contribution in [0.15, 0.2) is 19.0 Å². The summed E-state index contributed by atoms with van der Waals surface area (Å²) in [7, 11) is 0. The molecular formula is C11H11ClN2O2. The number of rotatable bonds is 2. The maximum absolute atomic E-state index is 11.0. The second-order valence-corrected chi connectivity index (χ2v) is 4.00. The average molecular weight is 239 g/mol. The molecule has 2 unspecified atom stereocenters. The van der Waals surface area contributed by atoms with Crippen molar-refractivity contribution in [3.05, 3.63) is 35.4 Å². The lowest BCUT2D eigenvalue weighted by atomic mass is 10.1. The molecule has 2 rings (SSSR count). The fraction of sp³-hybridized carbons (Fsp3) is 0.364. The molecule has 4 nitrogen and oxygen atoms in total. The van der Waals surface area contributed by atoms with Crippen LogP contribution in [0.1, 0.15) is 36.6 Å². The summed E-state index contributed by atoms with van der Waals surface area (Å²) in [5, 5.41) is 0.407. The molecule has 0 radical (unpaired) electrons. The summed E-state index contributed by atoms with van der Waals surface area (Å²) in [6, 6.07) is 0. The van der Waals surface area contributed by atoms with Gasteiger partial charge in [0, 0.05) is 24.8 Å². The van der Waals surface area contributed by atoms with Gasteiger partial charge in [0.25, 0.3) is 0 Å². The third-order valence-electron chi connectivity index (χ3n) is 2.60. The van der Waals surface area contributed by atoms with E-state index in [1.54, 1.807) is 6.08 Å². The number of aromatic nitrogens is 2. The summed E-state index contributed by atoms with van der Waals surface area (Å²) in [5.74, 6) is -0.275. The van der Waals surface area contributed by atoms with Crippen LogP contribution in [0, 0.1) is 0 Å². The number of hydrogen-bond acceptors (Lipinski definition) is 4. The second-order valence-electron chi connectivity index (χ2n) is 3.64. The SMILES string of the molecule is C=CC1CC(OC(C)=O)c2ncnc(Cl)c21. The van der Waals surface area contributed by atoms with Crippen molar-refractivity contribution in [1.82, 2.24) is 9.97 Å². The van der Waals surface area contributed by atoms with Crippen LogP contribution in [0.5, 0.6) is 0 Å². The predicted molar refractivity (Wildman–Crippen MR) is 59.1 cm³/mol. The van der Waals surface area contributed by atoms with E-state index < -0.39 is 0 Å². The van der Waals surface area contributed by atoms with Gasteiger partial charge in [-0.05, 0) is 0 Å². The van der Waals surface area contributed by atoms with Gasteiger partial charge in [0.05, 0.1) is 5.69 Å². The highest BCUT2D eigenvalue weighted by Gasteiger charge is 2.35. The maximum atomic E-state index is 11.0. The van der Waals surface area contributed by atoms with E-state index >= 15 is 0 Å². The molecule has 0 aliphatic heterocycles. The summed E-state index contributed by atoms with van der Waals surface area (Å²) in [6.07, 6.45) is 3.45. The molecule has 0 fully saturated rings. The van der Waals surface area contributed by atoms with Crippen molar-refractivity contribution in [3.8, 4) is 0 Å². The number of halogens is 1.